The van der Waals surface area contributed by atoms with E-state index in [-0.39, 0.29) is 11.6 Å². The molecule has 0 aliphatic carbocycles. The van der Waals surface area contributed by atoms with Crippen molar-refractivity contribution in [3.63, 3.8) is 0 Å². The Labute approximate surface area is 91.9 Å². The van der Waals surface area contributed by atoms with Gasteiger partial charge in [0, 0.05) is 6.54 Å². The first-order valence-electron chi connectivity index (χ1n) is 4.67. The molecule has 1 aromatic rings. The van der Waals surface area contributed by atoms with Gasteiger partial charge in [-0.15, -0.1) is 0 Å². The fourth-order valence-electron chi connectivity index (χ4n) is 1.16. The quantitative estimate of drug-likeness (QED) is 0.578. The molecule has 0 atom stereocenters. The van der Waals surface area contributed by atoms with E-state index in [1.807, 2.05) is 0 Å². The van der Waals surface area contributed by atoms with E-state index in [1.54, 1.807) is 12.1 Å². The van der Waals surface area contributed by atoms with Crippen LogP contribution in [0, 0.1) is 15.9 Å². The van der Waals surface area contributed by atoms with E-state index in [9.17, 15) is 14.5 Å². The zero-order chi connectivity index (χ0) is 12.0. The lowest BCUT2D eigenvalue weighted by molar-refractivity contribution is -0.403. The SMILES string of the molecule is N/C(=C\[N+](=O)[O-])NCCc1ccc(F)cc1. The van der Waals surface area contributed by atoms with Crippen LogP contribution in [0.15, 0.2) is 36.3 Å². The van der Waals surface area contributed by atoms with Gasteiger partial charge >= 0.3 is 0 Å². The Balaban J connectivity index is 2.36. The molecule has 0 aliphatic rings. The van der Waals surface area contributed by atoms with Crippen molar-refractivity contribution in [2.24, 2.45) is 5.73 Å². The number of hydrogen-bond acceptors (Lipinski definition) is 4. The van der Waals surface area contributed by atoms with Gasteiger partial charge in [0.15, 0.2) is 5.82 Å². The zero-order valence-electron chi connectivity index (χ0n) is 8.52. The van der Waals surface area contributed by atoms with E-state index >= 15 is 0 Å². The van der Waals surface area contributed by atoms with Gasteiger partial charge in [-0.25, -0.2) is 4.39 Å². The summed E-state index contributed by atoms with van der Waals surface area (Å²) in [6.07, 6.45) is 1.32. The lowest BCUT2D eigenvalue weighted by Gasteiger charge is -2.04. The van der Waals surface area contributed by atoms with Crippen LogP contribution >= 0.6 is 0 Å². The maximum atomic E-state index is 12.6. The lowest BCUT2D eigenvalue weighted by atomic mass is 10.1. The number of nitrogens with zero attached hydrogens (tertiary/aromatic N) is 1. The molecule has 0 heterocycles. The molecule has 0 aliphatic heterocycles. The van der Waals surface area contributed by atoms with Gasteiger partial charge in [-0.1, -0.05) is 12.1 Å². The molecule has 0 fully saturated rings. The number of benzene rings is 1. The third-order valence-electron chi connectivity index (χ3n) is 1.90. The molecule has 6 heteroatoms. The highest BCUT2D eigenvalue weighted by molar-refractivity contribution is 5.16. The number of nitrogens with two attached hydrogens (primary N) is 1. The molecule has 0 aromatic heterocycles. The van der Waals surface area contributed by atoms with E-state index < -0.39 is 4.92 Å². The van der Waals surface area contributed by atoms with Crippen LogP contribution in [0.3, 0.4) is 0 Å². The Morgan fingerprint density at radius 2 is 2.12 bits per heavy atom. The zero-order valence-corrected chi connectivity index (χ0v) is 8.52. The molecular formula is C10H12FN3O2. The summed E-state index contributed by atoms with van der Waals surface area (Å²) in [6, 6.07) is 6.05. The van der Waals surface area contributed by atoms with Gasteiger partial charge in [0.25, 0.3) is 6.20 Å². The van der Waals surface area contributed by atoms with E-state index in [0.717, 1.165) is 5.56 Å². The van der Waals surface area contributed by atoms with Crippen LogP contribution in [-0.2, 0) is 6.42 Å². The molecule has 5 nitrogen and oxygen atoms in total. The standard InChI is InChI=1S/C10H12FN3O2/c11-9-3-1-8(2-4-9)5-6-13-10(12)7-14(15)16/h1-4,7,13H,5-6,12H2/b10-7+. The summed E-state index contributed by atoms with van der Waals surface area (Å²) in [4.78, 5) is 9.42. The second kappa shape index (κ2) is 5.69. The average Bonchev–Trinajstić information content (AvgIpc) is 2.20. The van der Waals surface area contributed by atoms with Crippen LogP contribution in [0.4, 0.5) is 4.39 Å². The first-order chi connectivity index (χ1) is 7.58. The monoisotopic (exact) mass is 225 g/mol. The first kappa shape index (κ1) is 12.0. The molecule has 16 heavy (non-hydrogen) atoms. The van der Waals surface area contributed by atoms with E-state index in [1.165, 1.54) is 12.1 Å². The van der Waals surface area contributed by atoms with Gasteiger partial charge in [-0.05, 0) is 24.1 Å². The van der Waals surface area contributed by atoms with Gasteiger partial charge in [-0.2, -0.15) is 0 Å². The van der Waals surface area contributed by atoms with Crippen molar-refractivity contribution in [1.82, 2.24) is 5.32 Å². The molecule has 0 amide bonds. The summed E-state index contributed by atoms with van der Waals surface area (Å²) in [5.41, 5.74) is 6.24. The topological polar surface area (TPSA) is 81.2 Å². The smallest absolute Gasteiger partial charge is 0.273 e. The minimum Gasteiger partial charge on any atom is -0.380 e. The molecule has 0 bridgehead atoms. The average molecular weight is 225 g/mol. The van der Waals surface area contributed by atoms with Crippen LogP contribution in [-0.4, -0.2) is 11.5 Å². The molecule has 0 radical (unpaired) electrons. The molecule has 3 N–H and O–H groups in total. The number of rotatable bonds is 5. The summed E-state index contributed by atoms with van der Waals surface area (Å²) in [5.74, 6) is -0.281. The molecule has 86 valence electrons. The van der Waals surface area contributed by atoms with Gasteiger partial charge in [0.05, 0.1) is 4.92 Å². The number of halogens is 1. The number of hydrogen-bond donors (Lipinski definition) is 2. The van der Waals surface area contributed by atoms with Crippen molar-refractivity contribution in [2.75, 3.05) is 6.54 Å². The normalized spacial score (nSPS) is 11.2. The highest BCUT2D eigenvalue weighted by atomic mass is 19.1. The van der Waals surface area contributed by atoms with Crippen LogP contribution in [0.25, 0.3) is 0 Å². The van der Waals surface area contributed by atoms with Crippen LogP contribution in [0.5, 0.6) is 0 Å². The molecule has 0 saturated carbocycles. The van der Waals surface area contributed by atoms with Crippen molar-refractivity contribution in [1.29, 1.82) is 0 Å². The molecule has 0 saturated heterocycles. The molecule has 1 aromatic carbocycles. The fourth-order valence-corrected chi connectivity index (χ4v) is 1.16. The molecule has 0 spiro atoms. The van der Waals surface area contributed by atoms with Crippen molar-refractivity contribution in [3.8, 4) is 0 Å². The van der Waals surface area contributed by atoms with Crippen molar-refractivity contribution in [3.05, 3.63) is 57.8 Å². The molecule has 1 rings (SSSR count). The molecule has 0 unspecified atom stereocenters. The Hall–Kier alpha value is -2.11. The van der Waals surface area contributed by atoms with Gasteiger partial charge in [-0.3, -0.25) is 10.1 Å². The van der Waals surface area contributed by atoms with E-state index in [4.69, 9.17) is 5.73 Å². The number of nitrogens with one attached hydrogen (secondary N) is 1. The Bertz CT molecular complexity index is 390. The highest BCUT2D eigenvalue weighted by Gasteiger charge is 1.97. The van der Waals surface area contributed by atoms with Crippen LogP contribution in [0.2, 0.25) is 0 Å². The second-order valence-corrected chi connectivity index (χ2v) is 3.17. The van der Waals surface area contributed by atoms with Gasteiger partial charge < -0.3 is 11.1 Å². The fraction of sp³-hybridized carbons (Fsp3) is 0.200. The lowest BCUT2D eigenvalue weighted by Crippen LogP contribution is -2.23. The van der Waals surface area contributed by atoms with Gasteiger partial charge in [0.1, 0.15) is 5.82 Å². The number of nitro groups is 1. The summed E-state index contributed by atoms with van der Waals surface area (Å²) >= 11 is 0. The Morgan fingerprint density at radius 1 is 1.50 bits per heavy atom. The van der Waals surface area contributed by atoms with Crippen LogP contribution < -0.4 is 11.1 Å². The maximum absolute atomic E-state index is 12.6. The highest BCUT2D eigenvalue weighted by Crippen LogP contribution is 2.02. The third kappa shape index (κ3) is 4.41. The second-order valence-electron chi connectivity index (χ2n) is 3.17. The molecular weight excluding hydrogens is 213 g/mol. The summed E-state index contributed by atoms with van der Waals surface area (Å²) < 4.78 is 12.6. The largest absolute Gasteiger partial charge is 0.380 e. The predicted molar refractivity (Wildman–Crippen MR) is 57.4 cm³/mol. The van der Waals surface area contributed by atoms with Crippen molar-refractivity contribution >= 4 is 0 Å². The minimum absolute atomic E-state index is 0.00658. The van der Waals surface area contributed by atoms with Crippen molar-refractivity contribution < 1.29 is 9.31 Å². The minimum atomic E-state index is -0.625. The van der Waals surface area contributed by atoms with Crippen molar-refractivity contribution in [2.45, 2.75) is 6.42 Å². The summed E-state index contributed by atoms with van der Waals surface area (Å²) in [6.45, 7) is 0.460. The Kier molecular flexibility index (Phi) is 4.26. The third-order valence-corrected chi connectivity index (χ3v) is 1.90. The van der Waals surface area contributed by atoms with Crippen LogP contribution in [0.1, 0.15) is 5.56 Å². The first-order valence-corrected chi connectivity index (χ1v) is 4.67. The van der Waals surface area contributed by atoms with E-state index in [2.05, 4.69) is 5.32 Å². The van der Waals surface area contributed by atoms with E-state index in [0.29, 0.717) is 19.2 Å². The maximum Gasteiger partial charge on any atom is 0.273 e. The summed E-state index contributed by atoms with van der Waals surface area (Å²) in [5, 5.41) is 12.7. The van der Waals surface area contributed by atoms with Gasteiger partial charge in [0.2, 0.25) is 0 Å². The Morgan fingerprint density at radius 3 is 2.69 bits per heavy atom. The predicted octanol–water partition coefficient (Wildman–Crippen LogP) is 0.992. The summed E-state index contributed by atoms with van der Waals surface area (Å²) in [7, 11) is 0.